The maximum absolute atomic E-state index is 11.7. The zero-order chi connectivity index (χ0) is 17.6. The summed E-state index contributed by atoms with van der Waals surface area (Å²) in [6.07, 6.45) is 5.96. The molecule has 0 spiro atoms. The number of nitrogens with zero attached hydrogens (tertiary/aromatic N) is 1. The van der Waals surface area contributed by atoms with Crippen molar-refractivity contribution < 1.29 is 9.66 Å². The van der Waals surface area contributed by atoms with Crippen LogP contribution in [0.5, 0.6) is 5.75 Å². The van der Waals surface area contributed by atoms with E-state index in [0.29, 0.717) is 10.0 Å². The lowest BCUT2D eigenvalue weighted by Crippen LogP contribution is -2.18. The molecule has 1 heterocycles. The molecule has 6 heteroatoms. The number of benzene rings is 2. The number of nitro benzene ring substituents is 1. The second kappa shape index (κ2) is 8.27. The van der Waals surface area contributed by atoms with Crippen LogP contribution >= 0.6 is 15.9 Å². The van der Waals surface area contributed by atoms with E-state index in [-0.39, 0.29) is 29.0 Å². The molecular formula is C19H19BrN2O3. The number of halogens is 1. The Balaban J connectivity index is 1.87. The van der Waals surface area contributed by atoms with Gasteiger partial charge in [0.15, 0.2) is 5.75 Å². The largest absolute Gasteiger partial charge is 0.482 e. The number of hydrogen-bond acceptors (Lipinski definition) is 4. The lowest BCUT2D eigenvalue weighted by Gasteiger charge is -2.10. The van der Waals surface area contributed by atoms with E-state index in [1.54, 1.807) is 18.2 Å². The molecule has 0 radical (unpaired) electrons. The molecule has 0 bridgehead atoms. The zero-order valence-electron chi connectivity index (χ0n) is 13.7. The molecule has 1 aliphatic heterocycles. The van der Waals surface area contributed by atoms with Crippen LogP contribution < -0.4 is 10.1 Å². The Morgan fingerprint density at radius 1 is 1.28 bits per heavy atom. The fraction of sp³-hybridized carbons (Fsp3) is 0.263. The lowest BCUT2D eigenvalue weighted by atomic mass is 10.1. The van der Waals surface area contributed by atoms with Crippen molar-refractivity contribution in [2.24, 2.45) is 0 Å². The minimum atomic E-state index is -0.382. The number of ether oxygens (including phenoxy) is 1. The maximum Gasteiger partial charge on any atom is 0.319 e. The van der Waals surface area contributed by atoms with Crippen LogP contribution in [0.15, 0.2) is 53.0 Å². The average Bonchev–Trinajstić information content (AvgIpc) is 3.13. The molecule has 0 amide bonds. The number of nitrogens with one attached hydrogen (secondary N) is 1. The quantitative estimate of drug-likeness (QED) is 0.561. The summed E-state index contributed by atoms with van der Waals surface area (Å²) in [5.41, 5.74) is 1.48. The molecule has 5 nitrogen and oxygen atoms in total. The van der Waals surface area contributed by atoms with Crippen molar-refractivity contribution in [2.75, 3.05) is 6.54 Å². The predicted octanol–water partition coefficient (Wildman–Crippen LogP) is 4.70. The maximum atomic E-state index is 11.7. The monoisotopic (exact) mass is 402 g/mol. The summed E-state index contributed by atoms with van der Waals surface area (Å²) < 4.78 is 6.42. The molecule has 1 atom stereocenters. The van der Waals surface area contributed by atoms with E-state index in [0.717, 1.165) is 24.9 Å². The van der Waals surface area contributed by atoms with Gasteiger partial charge in [0.1, 0.15) is 6.61 Å². The van der Waals surface area contributed by atoms with Gasteiger partial charge in [0.2, 0.25) is 0 Å². The number of nitro groups is 1. The van der Waals surface area contributed by atoms with Crippen molar-refractivity contribution in [3.05, 3.63) is 74.3 Å². The van der Waals surface area contributed by atoms with Crippen LogP contribution in [0.4, 0.5) is 5.69 Å². The highest BCUT2D eigenvalue weighted by molar-refractivity contribution is 9.10. The van der Waals surface area contributed by atoms with Crippen LogP contribution in [0.3, 0.4) is 0 Å². The standard InChI is InChI=1S/C19H19BrN2O3/c20-17-10-11-18(25-13-14-5-2-1-3-6-14)19(22(23)24)16(17)9-8-15-7-4-12-21-15/h1-3,5-6,8-11,15,21H,4,7,12-13H2/b9-8+. The first-order chi connectivity index (χ1) is 12.1. The third-order valence-electron chi connectivity index (χ3n) is 4.14. The summed E-state index contributed by atoms with van der Waals surface area (Å²) in [5.74, 6) is 0.274. The van der Waals surface area contributed by atoms with Crippen LogP contribution in [0.25, 0.3) is 6.08 Å². The minimum absolute atomic E-state index is 0.0143. The van der Waals surface area contributed by atoms with Gasteiger partial charge in [-0.15, -0.1) is 0 Å². The summed E-state index contributed by atoms with van der Waals surface area (Å²) in [6.45, 7) is 1.27. The Labute approximate surface area is 155 Å². The minimum Gasteiger partial charge on any atom is -0.482 e. The van der Waals surface area contributed by atoms with Crippen molar-refractivity contribution in [1.82, 2.24) is 5.32 Å². The van der Waals surface area contributed by atoms with Gasteiger partial charge in [0.25, 0.3) is 0 Å². The Hall–Kier alpha value is -2.18. The van der Waals surface area contributed by atoms with Crippen LogP contribution in [0, 0.1) is 10.1 Å². The number of rotatable bonds is 6. The molecule has 1 unspecified atom stereocenters. The lowest BCUT2D eigenvalue weighted by molar-refractivity contribution is -0.386. The summed E-state index contributed by atoms with van der Waals surface area (Å²) in [7, 11) is 0. The molecule has 1 aliphatic rings. The van der Waals surface area contributed by atoms with Gasteiger partial charge in [0.05, 0.1) is 10.5 Å². The fourth-order valence-electron chi connectivity index (χ4n) is 2.85. The highest BCUT2D eigenvalue weighted by Gasteiger charge is 2.23. The van der Waals surface area contributed by atoms with Gasteiger partial charge in [-0.3, -0.25) is 10.1 Å². The Morgan fingerprint density at radius 3 is 2.76 bits per heavy atom. The van der Waals surface area contributed by atoms with Crippen molar-refractivity contribution in [3.8, 4) is 5.75 Å². The summed E-state index contributed by atoms with van der Waals surface area (Å²) in [5, 5.41) is 15.0. The van der Waals surface area contributed by atoms with Gasteiger partial charge in [-0.05, 0) is 59.1 Å². The highest BCUT2D eigenvalue weighted by atomic mass is 79.9. The molecule has 1 N–H and O–H groups in total. The third-order valence-corrected chi connectivity index (χ3v) is 4.83. The van der Waals surface area contributed by atoms with Crippen molar-refractivity contribution in [3.63, 3.8) is 0 Å². The van der Waals surface area contributed by atoms with Crippen molar-refractivity contribution >= 4 is 27.7 Å². The molecule has 25 heavy (non-hydrogen) atoms. The average molecular weight is 403 g/mol. The summed E-state index contributed by atoms with van der Waals surface area (Å²) in [6, 6.07) is 13.3. The van der Waals surface area contributed by atoms with E-state index in [2.05, 4.69) is 21.2 Å². The van der Waals surface area contributed by atoms with Crippen LogP contribution in [0.1, 0.15) is 24.0 Å². The molecular weight excluding hydrogens is 384 g/mol. The van der Waals surface area contributed by atoms with E-state index in [1.807, 2.05) is 36.4 Å². The molecule has 3 rings (SSSR count). The first-order valence-corrected chi connectivity index (χ1v) is 8.99. The molecule has 0 saturated carbocycles. The second-order valence-electron chi connectivity index (χ2n) is 5.90. The summed E-state index contributed by atoms with van der Waals surface area (Å²) in [4.78, 5) is 11.3. The topological polar surface area (TPSA) is 64.4 Å². The Kier molecular flexibility index (Phi) is 5.83. The molecule has 130 valence electrons. The van der Waals surface area contributed by atoms with Crippen molar-refractivity contribution in [2.45, 2.75) is 25.5 Å². The normalized spacial score (nSPS) is 17.1. The Bertz CT molecular complexity index is 772. The first kappa shape index (κ1) is 17.6. The molecule has 2 aromatic carbocycles. The molecule has 0 aliphatic carbocycles. The molecule has 2 aromatic rings. The molecule has 1 fully saturated rings. The van der Waals surface area contributed by atoms with Crippen molar-refractivity contribution in [1.29, 1.82) is 0 Å². The van der Waals surface area contributed by atoms with Gasteiger partial charge >= 0.3 is 5.69 Å². The third kappa shape index (κ3) is 4.46. The van der Waals surface area contributed by atoms with Crippen LogP contribution in [-0.4, -0.2) is 17.5 Å². The highest BCUT2D eigenvalue weighted by Crippen LogP contribution is 2.37. The first-order valence-electron chi connectivity index (χ1n) is 8.20. The van der Waals surface area contributed by atoms with Gasteiger partial charge in [-0.2, -0.15) is 0 Å². The van der Waals surface area contributed by atoms with Gasteiger partial charge in [-0.25, -0.2) is 0 Å². The molecule has 1 saturated heterocycles. The van der Waals surface area contributed by atoms with Gasteiger partial charge in [0, 0.05) is 10.5 Å². The SMILES string of the molecule is O=[N+]([O-])c1c(OCc2ccccc2)ccc(Br)c1/C=C/C1CCCN1. The fourth-order valence-corrected chi connectivity index (χ4v) is 3.30. The van der Waals surface area contributed by atoms with Crippen LogP contribution in [0.2, 0.25) is 0 Å². The summed E-state index contributed by atoms with van der Waals surface area (Å²) >= 11 is 3.42. The predicted molar refractivity (Wildman–Crippen MR) is 102 cm³/mol. The Morgan fingerprint density at radius 2 is 2.08 bits per heavy atom. The smallest absolute Gasteiger partial charge is 0.319 e. The van der Waals surface area contributed by atoms with Crippen LogP contribution in [-0.2, 0) is 6.61 Å². The van der Waals surface area contributed by atoms with E-state index in [9.17, 15) is 10.1 Å². The van der Waals surface area contributed by atoms with E-state index >= 15 is 0 Å². The molecule has 0 aromatic heterocycles. The number of hydrogen-bond donors (Lipinski definition) is 1. The van der Waals surface area contributed by atoms with Gasteiger partial charge in [-0.1, -0.05) is 36.4 Å². The van der Waals surface area contributed by atoms with E-state index < -0.39 is 0 Å². The van der Waals surface area contributed by atoms with Gasteiger partial charge < -0.3 is 10.1 Å². The van der Waals surface area contributed by atoms with E-state index in [4.69, 9.17) is 4.74 Å². The van der Waals surface area contributed by atoms with E-state index in [1.165, 1.54) is 0 Å². The zero-order valence-corrected chi connectivity index (χ0v) is 15.2. The second-order valence-corrected chi connectivity index (χ2v) is 6.76.